The van der Waals surface area contributed by atoms with Crippen LogP contribution in [0.2, 0.25) is 0 Å². The minimum Gasteiger partial charge on any atom is -1.00 e. The molecule has 0 aliphatic rings. The van der Waals surface area contributed by atoms with E-state index in [1.807, 2.05) is 0 Å². The minimum absolute atomic E-state index is 0. The molecule has 4 N–H and O–H groups in total. The second kappa shape index (κ2) is 23.4. The average Bonchev–Trinajstić information content (AvgIpc) is 0.811. The van der Waals surface area contributed by atoms with Crippen LogP contribution in [-0.2, 0) is 4.46 Å². The van der Waals surface area contributed by atoms with Crippen molar-refractivity contribution >= 4 is 72.6 Å². The molecule has 0 amide bonds. The van der Waals surface area contributed by atoms with Gasteiger partial charge in [0.1, 0.15) is 0 Å². The Hall–Kier alpha value is 1.64. The van der Waals surface area contributed by atoms with Gasteiger partial charge in [0.25, 0.3) is 0 Å². The van der Waals surface area contributed by atoms with Crippen LogP contribution in [0, 0.1) is 0 Å². The standard InChI is InChI=1S/Al.2Mg.H2O3Si.H2O.7H/c;;;1-4(2)3;;;;;;;;/h;;;1-2H;1H2;;;;;;;/q;2*+2;;;;;;4*-1. The first-order valence-electron chi connectivity index (χ1n) is 0.651. The molecule has 0 saturated carbocycles. The van der Waals surface area contributed by atoms with E-state index >= 15 is 0 Å². The summed E-state index contributed by atoms with van der Waals surface area (Å²) in [6.07, 6.45) is 0. The second-order valence-electron chi connectivity index (χ2n) is 0.283. The van der Waals surface area contributed by atoms with Gasteiger partial charge in [0, 0.05) is 0 Å². The molecule has 0 saturated heterocycles. The maximum atomic E-state index is 8.74. The molecule has 8 heavy (non-hydrogen) atoms. The average molecular weight is 179 g/mol. The van der Waals surface area contributed by atoms with Crippen molar-refractivity contribution in [1.82, 2.24) is 0 Å². The Morgan fingerprint density at radius 3 is 1.25 bits per heavy atom. The molecule has 0 fully saturated rings. The van der Waals surface area contributed by atoms with Gasteiger partial charge in [0.2, 0.25) is 0 Å². The van der Waals surface area contributed by atoms with Gasteiger partial charge in [-0.1, -0.05) is 0 Å². The Bertz CT molecular complexity index is 48.0. The Balaban J connectivity index is -0.00000000161. The molecule has 0 atom stereocenters. The number of hydrogen-bond acceptors (Lipinski definition) is 1. The minimum atomic E-state index is -3.13. The third-order valence-corrected chi connectivity index (χ3v) is 0. The van der Waals surface area contributed by atoms with Crippen molar-refractivity contribution in [2.24, 2.45) is 0 Å². The molecule has 0 aliphatic heterocycles. The molecular weight excluding hydrogens is 168 g/mol. The van der Waals surface area contributed by atoms with Crippen molar-refractivity contribution in [2.45, 2.75) is 0 Å². The molecule has 0 aromatic carbocycles. The first-order valence-corrected chi connectivity index (χ1v) is 1.95. The van der Waals surface area contributed by atoms with Crippen LogP contribution in [0.25, 0.3) is 0 Å². The summed E-state index contributed by atoms with van der Waals surface area (Å²) in [5.74, 6) is 0. The monoisotopic (exact) mass is 178 g/mol. The van der Waals surface area contributed by atoms with Gasteiger partial charge in [0.05, 0.1) is 0 Å². The predicted octanol–water partition coefficient (Wildman–Crippen LogP) is -3.93. The van der Waals surface area contributed by atoms with Gasteiger partial charge in [-0.05, 0) is 0 Å². The number of hydrogen-bond donors (Lipinski definition) is 2. The summed E-state index contributed by atoms with van der Waals surface area (Å²) in [6, 6.07) is 0. The number of rotatable bonds is 0. The van der Waals surface area contributed by atoms with Gasteiger partial charge in [-0.3, -0.25) is 4.46 Å². The van der Waals surface area contributed by atoms with E-state index in [-0.39, 0.29) is 74.6 Å². The quantitative estimate of drug-likeness (QED) is 0.372. The third kappa shape index (κ3) is 125. The van der Waals surface area contributed by atoms with Crippen molar-refractivity contribution in [2.75, 3.05) is 0 Å². The SMILES string of the molecule is O.O=[Si](O)O.[AlH3].[H-].[H-].[H-].[H-].[Mg+2].[Mg+2]. The van der Waals surface area contributed by atoms with Crippen LogP contribution in [0.3, 0.4) is 0 Å². The predicted molar refractivity (Wildman–Crippen MR) is 40.4 cm³/mol. The van der Waals surface area contributed by atoms with E-state index in [9.17, 15) is 0 Å². The van der Waals surface area contributed by atoms with Crippen LogP contribution < -0.4 is 0 Å². The maximum absolute atomic E-state index is 8.74. The summed E-state index contributed by atoms with van der Waals surface area (Å²) in [5.41, 5.74) is 0. The molecule has 0 rings (SSSR count). The van der Waals surface area contributed by atoms with Crippen LogP contribution in [-0.4, -0.2) is 87.7 Å². The molecule has 0 radical (unpaired) electrons. The Morgan fingerprint density at radius 2 is 1.25 bits per heavy atom. The van der Waals surface area contributed by atoms with Crippen molar-refractivity contribution in [3.8, 4) is 0 Å². The Morgan fingerprint density at radius 1 is 1.25 bits per heavy atom. The largest absolute Gasteiger partial charge is 2.00 e. The molecule has 0 unspecified atom stereocenters. The van der Waals surface area contributed by atoms with Gasteiger partial charge in [0.15, 0.2) is 17.4 Å². The molecule has 46 valence electrons. The van der Waals surface area contributed by atoms with Gasteiger partial charge in [-0.15, -0.1) is 0 Å². The topological polar surface area (TPSA) is 89.0 Å². The van der Waals surface area contributed by atoms with Crippen LogP contribution in [0.4, 0.5) is 0 Å². The van der Waals surface area contributed by atoms with E-state index in [1.54, 1.807) is 0 Å². The fraction of sp³-hybridized carbons (Fsp3) is 0. The summed E-state index contributed by atoms with van der Waals surface area (Å²) < 4.78 is 8.74. The summed E-state index contributed by atoms with van der Waals surface area (Å²) >= 11 is 0. The van der Waals surface area contributed by atoms with E-state index < -0.39 is 9.17 Å². The molecule has 0 heterocycles. The van der Waals surface area contributed by atoms with E-state index in [4.69, 9.17) is 14.1 Å². The normalized spacial score (nSPS) is 3.00. The summed E-state index contributed by atoms with van der Waals surface area (Å²) in [6.45, 7) is 0. The zero-order chi connectivity index (χ0) is 3.58. The molecule has 0 bridgehead atoms. The van der Waals surface area contributed by atoms with E-state index in [0.717, 1.165) is 0 Å². The van der Waals surface area contributed by atoms with Crippen molar-refractivity contribution < 1.29 is 25.2 Å². The molecule has 0 aromatic rings. The molecule has 0 aliphatic carbocycles. The van der Waals surface area contributed by atoms with E-state index in [0.29, 0.717) is 0 Å². The van der Waals surface area contributed by atoms with Gasteiger partial charge in [-0.2, -0.15) is 0 Å². The maximum Gasteiger partial charge on any atom is 2.00 e. The fourth-order valence-electron chi connectivity index (χ4n) is 0. The van der Waals surface area contributed by atoms with Gasteiger partial charge in [-0.25, -0.2) is 0 Å². The molecular formula is H11AlMg2O4Si. The second-order valence-corrected chi connectivity index (χ2v) is 0.848. The molecule has 0 aromatic heterocycles. The summed E-state index contributed by atoms with van der Waals surface area (Å²) in [7, 11) is -3.13. The fourth-order valence-corrected chi connectivity index (χ4v) is 0. The van der Waals surface area contributed by atoms with Crippen LogP contribution in [0.15, 0.2) is 0 Å². The van der Waals surface area contributed by atoms with Gasteiger partial charge < -0.3 is 20.8 Å². The van der Waals surface area contributed by atoms with Crippen molar-refractivity contribution in [1.29, 1.82) is 0 Å². The Kier molecular flexibility index (Phi) is 97.8. The first kappa shape index (κ1) is 33.4. The van der Waals surface area contributed by atoms with Crippen LogP contribution in [0.1, 0.15) is 5.71 Å². The van der Waals surface area contributed by atoms with Crippen LogP contribution >= 0.6 is 0 Å². The van der Waals surface area contributed by atoms with Crippen molar-refractivity contribution in [3.63, 3.8) is 0 Å². The zero-order valence-corrected chi connectivity index (χ0v) is 7.55. The van der Waals surface area contributed by atoms with Crippen LogP contribution in [0.5, 0.6) is 0 Å². The molecule has 4 nitrogen and oxygen atoms in total. The smallest absolute Gasteiger partial charge is 1.00 e. The first-order chi connectivity index (χ1) is 1.73. The summed E-state index contributed by atoms with van der Waals surface area (Å²) in [5, 5.41) is 0. The zero-order valence-electron chi connectivity index (χ0n) is 7.72. The Labute approximate surface area is 97.2 Å². The molecule has 0 spiro atoms. The third-order valence-electron chi connectivity index (χ3n) is 0. The van der Waals surface area contributed by atoms with Crippen molar-refractivity contribution in [3.05, 3.63) is 0 Å². The summed E-state index contributed by atoms with van der Waals surface area (Å²) in [4.78, 5) is 14.3. The molecule has 8 heteroatoms. The van der Waals surface area contributed by atoms with Gasteiger partial charge >= 0.3 is 55.3 Å². The van der Waals surface area contributed by atoms with E-state index in [2.05, 4.69) is 0 Å². The van der Waals surface area contributed by atoms with E-state index in [1.165, 1.54) is 0 Å².